The maximum Gasteiger partial charge on any atom is 0.412 e. The Hall–Kier alpha value is -1.84. The van der Waals surface area contributed by atoms with Crippen molar-refractivity contribution in [2.24, 2.45) is 0 Å². The number of para-hydroxylation sites is 1. The molecule has 80 valence electrons. The molecule has 1 N–H and O–H groups in total. The highest BCUT2D eigenvalue weighted by molar-refractivity contribution is 5.71. The van der Waals surface area contributed by atoms with E-state index in [2.05, 4.69) is 5.32 Å². The molecule has 4 heteroatoms. The minimum atomic E-state index is -0.546. The summed E-state index contributed by atoms with van der Waals surface area (Å²) in [4.78, 5) is 21.4. The van der Waals surface area contributed by atoms with E-state index in [0.29, 0.717) is 5.75 Å². The molecule has 1 aromatic rings. The highest BCUT2D eigenvalue weighted by Gasteiger charge is 2.07. The average molecular weight is 207 g/mol. The van der Waals surface area contributed by atoms with Gasteiger partial charge in [-0.2, -0.15) is 0 Å². The standard InChI is InChI=1S/C11H13NO3/c1-9(7-8-13)12-11(14)15-10-5-3-2-4-6-10/h2-6,8-9H,7H2,1H3,(H,12,14). The summed E-state index contributed by atoms with van der Waals surface area (Å²) in [6, 6.07) is 8.54. The van der Waals surface area contributed by atoms with Crippen LogP contribution in [0.4, 0.5) is 4.79 Å². The topological polar surface area (TPSA) is 55.4 Å². The van der Waals surface area contributed by atoms with Gasteiger partial charge in [0.25, 0.3) is 0 Å². The monoisotopic (exact) mass is 207 g/mol. The number of carbonyl (C=O) groups is 2. The Morgan fingerprint density at radius 1 is 1.47 bits per heavy atom. The number of nitrogens with one attached hydrogen (secondary N) is 1. The van der Waals surface area contributed by atoms with Gasteiger partial charge in [0.05, 0.1) is 0 Å². The van der Waals surface area contributed by atoms with Gasteiger partial charge in [0, 0.05) is 12.5 Å². The number of carbonyl (C=O) groups excluding carboxylic acids is 2. The number of aldehydes is 1. The summed E-state index contributed by atoms with van der Waals surface area (Å²) in [5.41, 5.74) is 0. The molecular formula is C11H13NO3. The molecule has 4 nitrogen and oxygen atoms in total. The molecule has 0 bridgehead atoms. The molecule has 0 aromatic heterocycles. The Bertz CT molecular complexity index is 324. The summed E-state index contributed by atoms with van der Waals surface area (Å²) >= 11 is 0. The maximum atomic E-state index is 11.2. The third-order valence-electron chi connectivity index (χ3n) is 1.77. The predicted octanol–water partition coefficient (Wildman–Crippen LogP) is 1.75. The van der Waals surface area contributed by atoms with E-state index in [9.17, 15) is 9.59 Å². The van der Waals surface area contributed by atoms with Crippen LogP contribution in [0.5, 0.6) is 5.75 Å². The molecule has 15 heavy (non-hydrogen) atoms. The van der Waals surface area contributed by atoms with Gasteiger partial charge < -0.3 is 14.8 Å². The lowest BCUT2D eigenvalue weighted by Gasteiger charge is -2.10. The number of ether oxygens (including phenoxy) is 1. The third kappa shape index (κ3) is 4.26. The van der Waals surface area contributed by atoms with Gasteiger partial charge in [-0.15, -0.1) is 0 Å². The van der Waals surface area contributed by atoms with Crippen molar-refractivity contribution in [3.05, 3.63) is 30.3 Å². The molecule has 0 aliphatic rings. The molecule has 0 saturated carbocycles. The molecule has 0 aliphatic carbocycles. The van der Waals surface area contributed by atoms with E-state index in [1.807, 2.05) is 6.07 Å². The fraction of sp³-hybridized carbons (Fsp3) is 0.273. The van der Waals surface area contributed by atoms with Crippen molar-refractivity contribution < 1.29 is 14.3 Å². The van der Waals surface area contributed by atoms with Crippen molar-refractivity contribution in [1.29, 1.82) is 0 Å². The molecule has 0 saturated heterocycles. The Balaban J connectivity index is 2.39. The molecule has 1 aromatic carbocycles. The lowest BCUT2D eigenvalue weighted by atomic mass is 10.3. The van der Waals surface area contributed by atoms with Crippen LogP contribution in [0, 0.1) is 0 Å². The number of rotatable bonds is 4. The fourth-order valence-corrected chi connectivity index (χ4v) is 1.03. The first kappa shape index (κ1) is 11.2. The minimum Gasteiger partial charge on any atom is -0.410 e. The van der Waals surface area contributed by atoms with Gasteiger partial charge >= 0.3 is 6.09 Å². The molecule has 0 fully saturated rings. The fourth-order valence-electron chi connectivity index (χ4n) is 1.03. The Labute approximate surface area is 88.2 Å². The molecule has 0 spiro atoms. The van der Waals surface area contributed by atoms with E-state index in [1.54, 1.807) is 31.2 Å². The van der Waals surface area contributed by atoms with E-state index < -0.39 is 6.09 Å². The second-order valence-electron chi connectivity index (χ2n) is 3.15. The van der Waals surface area contributed by atoms with E-state index in [-0.39, 0.29) is 12.5 Å². The molecular weight excluding hydrogens is 194 g/mol. The van der Waals surface area contributed by atoms with Crippen LogP contribution in [0.1, 0.15) is 13.3 Å². The molecule has 0 aliphatic heterocycles. The van der Waals surface area contributed by atoms with Crippen LogP contribution in [-0.4, -0.2) is 18.4 Å². The van der Waals surface area contributed by atoms with E-state index in [4.69, 9.17) is 4.74 Å². The Morgan fingerprint density at radius 2 is 2.13 bits per heavy atom. The van der Waals surface area contributed by atoms with Crippen molar-refractivity contribution in [3.8, 4) is 5.75 Å². The normalized spacial score (nSPS) is 11.5. The zero-order valence-electron chi connectivity index (χ0n) is 8.47. The van der Waals surface area contributed by atoms with Gasteiger partial charge in [-0.1, -0.05) is 18.2 Å². The lowest BCUT2D eigenvalue weighted by molar-refractivity contribution is -0.108. The van der Waals surface area contributed by atoms with E-state index >= 15 is 0 Å². The van der Waals surface area contributed by atoms with Crippen molar-refractivity contribution in [2.75, 3.05) is 0 Å². The Kier molecular flexibility index (Phi) is 4.34. The number of benzene rings is 1. The van der Waals surface area contributed by atoms with Gasteiger partial charge in [0.15, 0.2) is 0 Å². The third-order valence-corrected chi connectivity index (χ3v) is 1.77. The maximum absolute atomic E-state index is 11.2. The van der Waals surface area contributed by atoms with Gasteiger partial charge in [0.2, 0.25) is 0 Å². The van der Waals surface area contributed by atoms with Gasteiger partial charge in [-0.3, -0.25) is 0 Å². The smallest absolute Gasteiger partial charge is 0.410 e. The van der Waals surface area contributed by atoms with Gasteiger partial charge in [0.1, 0.15) is 12.0 Å². The molecule has 0 heterocycles. The van der Waals surface area contributed by atoms with Crippen LogP contribution < -0.4 is 10.1 Å². The zero-order chi connectivity index (χ0) is 11.1. The van der Waals surface area contributed by atoms with Gasteiger partial charge in [-0.25, -0.2) is 4.79 Å². The van der Waals surface area contributed by atoms with Crippen LogP contribution in [0.3, 0.4) is 0 Å². The molecule has 1 unspecified atom stereocenters. The number of hydrogen-bond donors (Lipinski definition) is 1. The van der Waals surface area contributed by atoms with E-state index in [1.165, 1.54) is 0 Å². The van der Waals surface area contributed by atoms with Crippen LogP contribution >= 0.6 is 0 Å². The van der Waals surface area contributed by atoms with Crippen molar-refractivity contribution in [3.63, 3.8) is 0 Å². The summed E-state index contributed by atoms with van der Waals surface area (Å²) in [5.74, 6) is 0.480. The highest BCUT2D eigenvalue weighted by Crippen LogP contribution is 2.08. The number of amides is 1. The van der Waals surface area contributed by atoms with Crippen LogP contribution in [0.15, 0.2) is 30.3 Å². The first-order valence-electron chi connectivity index (χ1n) is 4.69. The molecule has 1 amide bonds. The van der Waals surface area contributed by atoms with Crippen LogP contribution in [0.25, 0.3) is 0 Å². The second kappa shape index (κ2) is 5.80. The summed E-state index contributed by atoms with van der Waals surface area (Å²) in [5, 5.41) is 2.54. The average Bonchev–Trinajstić information content (AvgIpc) is 2.19. The lowest BCUT2D eigenvalue weighted by Crippen LogP contribution is -2.34. The van der Waals surface area contributed by atoms with Crippen molar-refractivity contribution in [2.45, 2.75) is 19.4 Å². The minimum absolute atomic E-state index is 0.210. The summed E-state index contributed by atoms with van der Waals surface area (Å²) in [6.45, 7) is 1.74. The number of hydrogen-bond acceptors (Lipinski definition) is 3. The molecule has 1 atom stereocenters. The quantitative estimate of drug-likeness (QED) is 0.765. The first-order valence-corrected chi connectivity index (χ1v) is 4.69. The SMILES string of the molecule is CC(CC=O)NC(=O)Oc1ccccc1. The highest BCUT2D eigenvalue weighted by atomic mass is 16.6. The Morgan fingerprint density at radius 3 is 2.73 bits per heavy atom. The first-order chi connectivity index (χ1) is 7.22. The van der Waals surface area contributed by atoms with Crippen LogP contribution in [0.2, 0.25) is 0 Å². The van der Waals surface area contributed by atoms with Gasteiger partial charge in [-0.05, 0) is 19.1 Å². The van der Waals surface area contributed by atoms with Crippen LogP contribution in [-0.2, 0) is 4.79 Å². The summed E-state index contributed by atoms with van der Waals surface area (Å²) in [6.07, 6.45) is 0.493. The van der Waals surface area contributed by atoms with Crippen molar-refractivity contribution >= 4 is 12.4 Å². The summed E-state index contributed by atoms with van der Waals surface area (Å²) in [7, 11) is 0. The summed E-state index contributed by atoms with van der Waals surface area (Å²) < 4.78 is 4.97. The molecule has 1 rings (SSSR count). The molecule has 0 radical (unpaired) electrons. The van der Waals surface area contributed by atoms with Crippen molar-refractivity contribution in [1.82, 2.24) is 5.32 Å². The second-order valence-corrected chi connectivity index (χ2v) is 3.15. The predicted molar refractivity (Wildman–Crippen MR) is 55.7 cm³/mol. The van der Waals surface area contributed by atoms with E-state index in [0.717, 1.165) is 6.29 Å². The largest absolute Gasteiger partial charge is 0.412 e. The zero-order valence-corrected chi connectivity index (χ0v) is 8.47.